The molecule has 3 nitrogen and oxygen atoms in total. The van der Waals surface area contributed by atoms with Crippen molar-refractivity contribution in [2.75, 3.05) is 6.61 Å². The second-order valence-corrected chi connectivity index (χ2v) is 4.67. The van der Waals surface area contributed by atoms with Crippen molar-refractivity contribution < 1.29 is 27.8 Å². The number of halogens is 4. The normalized spacial score (nSPS) is 13.2. The van der Waals surface area contributed by atoms with Crippen LogP contribution in [0, 0.1) is 0 Å². The van der Waals surface area contributed by atoms with Gasteiger partial charge in [0.25, 0.3) is 0 Å². The summed E-state index contributed by atoms with van der Waals surface area (Å²) in [4.78, 5) is 11.2. The van der Waals surface area contributed by atoms with E-state index in [1.165, 1.54) is 6.07 Å². The van der Waals surface area contributed by atoms with Crippen LogP contribution in [0.15, 0.2) is 22.7 Å². The van der Waals surface area contributed by atoms with Gasteiger partial charge in [0.1, 0.15) is 0 Å². The predicted octanol–water partition coefficient (Wildman–Crippen LogP) is 3.45. The molecule has 0 heterocycles. The van der Waals surface area contributed by atoms with Crippen molar-refractivity contribution in [2.24, 2.45) is 0 Å². The fourth-order valence-corrected chi connectivity index (χ4v) is 1.91. The summed E-state index contributed by atoms with van der Waals surface area (Å²) in [7, 11) is 0. The van der Waals surface area contributed by atoms with Gasteiger partial charge in [-0.05, 0) is 24.6 Å². The minimum absolute atomic E-state index is 0.109. The zero-order chi connectivity index (χ0) is 14.6. The third-order valence-corrected chi connectivity index (χ3v) is 2.84. The van der Waals surface area contributed by atoms with Gasteiger partial charge in [-0.1, -0.05) is 22.0 Å². The largest absolute Gasteiger partial charge is 0.466 e. The molecule has 7 heteroatoms. The number of alkyl halides is 3. The number of carbonyl (C=O) groups excluding carboxylic acids is 1. The van der Waals surface area contributed by atoms with Crippen LogP contribution in [0.3, 0.4) is 0 Å². The van der Waals surface area contributed by atoms with Crippen molar-refractivity contribution in [2.45, 2.75) is 25.6 Å². The van der Waals surface area contributed by atoms with Crippen LogP contribution in [0.1, 0.15) is 30.6 Å². The maximum atomic E-state index is 12.8. The van der Waals surface area contributed by atoms with Crippen LogP contribution >= 0.6 is 15.9 Å². The number of carbonyl (C=O) groups is 1. The number of esters is 1. The summed E-state index contributed by atoms with van der Waals surface area (Å²) in [5.74, 6) is -0.744. The van der Waals surface area contributed by atoms with Crippen LogP contribution in [0.2, 0.25) is 0 Å². The summed E-state index contributed by atoms with van der Waals surface area (Å²) in [6.07, 6.45) is -6.67. The second kappa shape index (κ2) is 6.38. The molecule has 0 aromatic heterocycles. The second-order valence-electron chi connectivity index (χ2n) is 3.75. The summed E-state index contributed by atoms with van der Waals surface area (Å²) < 4.78 is 43.3. The molecule has 19 heavy (non-hydrogen) atoms. The lowest BCUT2D eigenvalue weighted by atomic mass is 10.00. The molecule has 0 fully saturated rings. The molecular formula is C12H12BrF3O3. The quantitative estimate of drug-likeness (QED) is 0.854. The van der Waals surface area contributed by atoms with E-state index in [-0.39, 0.29) is 16.6 Å². The molecular weight excluding hydrogens is 329 g/mol. The van der Waals surface area contributed by atoms with Crippen molar-refractivity contribution in [3.05, 3.63) is 33.8 Å². The van der Waals surface area contributed by atoms with Crippen LogP contribution in [0.4, 0.5) is 13.2 Å². The van der Waals surface area contributed by atoms with E-state index >= 15 is 0 Å². The molecule has 0 aliphatic rings. The predicted molar refractivity (Wildman–Crippen MR) is 65.4 cm³/mol. The zero-order valence-corrected chi connectivity index (χ0v) is 11.6. The highest BCUT2D eigenvalue weighted by Gasteiger charge is 2.35. The highest BCUT2D eigenvalue weighted by molar-refractivity contribution is 9.10. The molecule has 1 aromatic rings. The number of hydrogen-bond acceptors (Lipinski definition) is 3. The molecule has 0 saturated carbocycles. The van der Waals surface area contributed by atoms with E-state index in [9.17, 15) is 23.1 Å². The molecule has 0 radical (unpaired) electrons. The van der Waals surface area contributed by atoms with Gasteiger partial charge in [-0.3, -0.25) is 4.79 Å². The molecule has 1 atom stereocenters. The molecule has 0 aliphatic heterocycles. The van der Waals surface area contributed by atoms with Crippen LogP contribution in [-0.2, 0) is 15.7 Å². The Balaban J connectivity index is 3.02. The fraction of sp³-hybridized carbons (Fsp3) is 0.417. The molecule has 0 bridgehead atoms. The smallest absolute Gasteiger partial charge is 0.416 e. The SMILES string of the molecule is CCOC(=O)CC(O)c1ccc(Br)cc1C(F)(F)F. The van der Waals surface area contributed by atoms with E-state index in [1.54, 1.807) is 6.92 Å². The minimum atomic E-state index is -4.60. The van der Waals surface area contributed by atoms with Gasteiger partial charge in [-0.15, -0.1) is 0 Å². The Labute approximate surface area is 116 Å². The Morgan fingerprint density at radius 1 is 1.47 bits per heavy atom. The first-order valence-electron chi connectivity index (χ1n) is 5.46. The van der Waals surface area contributed by atoms with Gasteiger partial charge in [0, 0.05) is 4.47 Å². The average molecular weight is 341 g/mol. The number of aliphatic hydroxyl groups is 1. The summed E-state index contributed by atoms with van der Waals surface area (Å²) in [6, 6.07) is 3.37. The maximum Gasteiger partial charge on any atom is 0.416 e. The Hall–Kier alpha value is -1.08. The lowest BCUT2D eigenvalue weighted by molar-refractivity contribution is -0.147. The number of hydrogen-bond donors (Lipinski definition) is 1. The van der Waals surface area contributed by atoms with Gasteiger partial charge < -0.3 is 9.84 Å². The van der Waals surface area contributed by atoms with Gasteiger partial charge in [0.15, 0.2) is 0 Å². The van der Waals surface area contributed by atoms with Crippen LogP contribution in [0.5, 0.6) is 0 Å². The fourth-order valence-electron chi connectivity index (χ4n) is 1.55. The van der Waals surface area contributed by atoms with Crippen molar-refractivity contribution in [1.29, 1.82) is 0 Å². The summed E-state index contributed by atoms with van der Waals surface area (Å²) in [5, 5.41) is 9.74. The topological polar surface area (TPSA) is 46.5 Å². The maximum absolute atomic E-state index is 12.8. The molecule has 0 aliphatic carbocycles. The van der Waals surface area contributed by atoms with E-state index in [0.717, 1.165) is 12.1 Å². The van der Waals surface area contributed by atoms with E-state index in [4.69, 9.17) is 0 Å². The van der Waals surface area contributed by atoms with Crippen molar-refractivity contribution in [3.8, 4) is 0 Å². The van der Waals surface area contributed by atoms with E-state index in [0.29, 0.717) is 0 Å². The van der Waals surface area contributed by atoms with E-state index < -0.39 is 30.2 Å². The lowest BCUT2D eigenvalue weighted by Gasteiger charge is -2.17. The number of benzene rings is 1. The molecule has 1 N–H and O–H groups in total. The van der Waals surface area contributed by atoms with E-state index in [2.05, 4.69) is 20.7 Å². The molecule has 0 amide bonds. The molecule has 1 rings (SSSR count). The summed E-state index contributed by atoms with van der Waals surface area (Å²) in [5.41, 5.74) is -1.32. The molecule has 1 unspecified atom stereocenters. The highest BCUT2D eigenvalue weighted by Crippen LogP contribution is 2.37. The van der Waals surface area contributed by atoms with Gasteiger partial charge in [0.2, 0.25) is 0 Å². The standard InChI is InChI=1S/C12H12BrF3O3/c1-2-19-11(18)6-10(17)8-4-3-7(13)5-9(8)12(14,15)16/h3-5,10,17H,2,6H2,1H3. The first-order chi connectivity index (χ1) is 8.75. The monoisotopic (exact) mass is 340 g/mol. The number of ether oxygens (including phenoxy) is 1. The number of aliphatic hydroxyl groups excluding tert-OH is 1. The Morgan fingerprint density at radius 3 is 2.63 bits per heavy atom. The van der Waals surface area contributed by atoms with Crippen molar-refractivity contribution >= 4 is 21.9 Å². The summed E-state index contributed by atoms with van der Waals surface area (Å²) in [6.45, 7) is 1.68. The van der Waals surface area contributed by atoms with Gasteiger partial charge >= 0.3 is 12.1 Å². The van der Waals surface area contributed by atoms with Crippen molar-refractivity contribution in [3.63, 3.8) is 0 Å². The van der Waals surface area contributed by atoms with Gasteiger partial charge in [-0.2, -0.15) is 13.2 Å². The Bertz CT molecular complexity index is 460. The first kappa shape index (κ1) is 16.0. The number of rotatable bonds is 4. The molecule has 106 valence electrons. The zero-order valence-electron chi connectivity index (χ0n) is 10.00. The Morgan fingerprint density at radius 2 is 2.11 bits per heavy atom. The third-order valence-electron chi connectivity index (χ3n) is 2.35. The van der Waals surface area contributed by atoms with Crippen molar-refractivity contribution in [1.82, 2.24) is 0 Å². The van der Waals surface area contributed by atoms with Gasteiger partial charge in [0.05, 0.1) is 24.7 Å². The Kier molecular flexibility index (Phi) is 5.37. The minimum Gasteiger partial charge on any atom is -0.466 e. The van der Waals surface area contributed by atoms with E-state index in [1.807, 2.05) is 0 Å². The average Bonchev–Trinajstić information content (AvgIpc) is 2.27. The van der Waals surface area contributed by atoms with Crippen LogP contribution < -0.4 is 0 Å². The van der Waals surface area contributed by atoms with Gasteiger partial charge in [-0.25, -0.2) is 0 Å². The molecule has 0 saturated heterocycles. The molecule has 0 spiro atoms. The molecule has 1 aromatic carbocycles. The third kappa shape index (κ3) is 4.50. The summed E-state index contributed by atoms with van der Waals surface area (Å²) >= 11 is 2.94. The van der Waals surface area contributed by atoms with Crippen LogP contribution in [0.25, 0.3) is 0 Å². The highest BCUT2D eigenvalue weighted by atomic mass is 79.9. The van der Waals surface area contributed by atoms with Crippen LogP contribution in [-0.4, -0.2) is 17.7 Å². The lowest BCUT2D eigenvalue weighted by Crippen LogP contribution is -2.15. The first-order valence-corrected chi connectivity index (χ1v) is 6.25.